The topological polar surface area (TPSA) is 75.4 Å². The molecule has 2 aromatic carbocycles. The molecule has 35 heavy (non-hydrogen) atoms. The fraction of sp³-hybridized carbons (Fsp3) is 0.357. The van der Waals surface area contributed by atoms with Gasteiger partial charge in [0.05, 0.1) is 0 Å². The number of aromatic nitrogens is 3. The van der Waals surface area contributed by atoms with Crippen LogP contribution in [0.3, 0.4) is 0 Å². The van der Waals surface area contributed by atoms with Crippen molar-refractivity contribution in [3.63, 3.8) is 0 Å². The number of amides is 1. The summed E-state index contributed by atoms with van der Waals surface area (Å²) in [5, 5.41) is 5.22. The van der Waals surface area contributed by atoms with Gasteiger partial charge in [-0.15, -0.1) is 0 Å². The normalized spacial score (nSPS) is 14.3. The summed E-state index contributed by atoms with van der Waals surface area (Å²) in [4.78, 5) is 26.9. The van der Waals surface area contributed by atoms with Gasteiger partial charge in [-0.05, 0) is 24.8 Å². The molecule has 0 spiro atoms. The predicted molar refractivity (Wildman–Crippen MR) is 137 cm³/mol. The third-order valence-electron chi connectivity index (χ3n) is 6.50. The van der Waals surface area contributed by atoms with E-state index >= 15 is 0 Å². The van der Waals surface area contributed by atoms with Gasteiger partial charge in [-0.3, -0.25) is 4.79 Å². The van der Waals surface area contributed by atoms with Crippen LogP contribution in [-0.4, -0.2) is 52.1 Å². The standard InChI is InChI=1S/C28H31N5O2/c1-2-10-23-29-27(25-26(31-35-28(25)30-23)22-13-7-4-8-14-22)33-18-9-17-32(19-20-33)24(34)16-15-21-11-5-3-6-12-21/h3-8,11-14H,2,9-10,15-20H2,1H3. The zero-order chi connectivity index (χ0) is 24.0. The first-order valence-electron chi connectivity index (χ1n) is 12.5. The molecule has 1 aliphatic rings. The summed E-state index contributed by atoms with van der Waals surface area (Å²) < 4.78 is 5.69. The zero-order valence-electron chi connectivity index (χ0n) is 20.2. The average Bonchev–Trinajstić information content (AvgIpc) is 3.17. The molecule has 0 bridgehead atoms. The SMILES string of the molecule is CCCc1nc(N2CCCN(C(=O)CCc3ccccc3)CC2)c2c(-c3ccccc3)noc2n1. The number of carbonyl (C=O) groups excluding carboxylic acids is 1. The molecule has 2 aromatic heterocycles. The fourth-order valence-electron chi connectivity index (χ4n) is 4.67. The molecule has 0 radical (unpaired) electrons. The monoisotopic (exact) mass is 469 g/mol. The van der Waals surface area contributed by atoms with Gasteiger partial charge in [0.25, 0.3) is 5.71 Å². The van der Waals surface area contributed by atoms with Crippen LogP contribution in [-0.2, 0) is 17.6 Å². The van der Waals surface area contributed by atoms with Gasteiger partial charge in [-0.25, -0.2) is 4.98 Å². The first-order valence-corrected chi connectivity index (χ1v) is 12.5. The van der Waals surface area contributed by atoms with Crippen LogP contribution in [0.1, 0.15) is 37.6 Å². The lowest BCUT2D eigenvalue weighted by molar-refractivity contribution is -0.130. The Labute approximate surface area is 205 Å². The van der Waals surface area contributed by atoms with Gasteiger partial charge in [0.15, 0.2) is 0 Å². The van der Waals surface area contributed by atoms with E-state index in [2.05, 4.69) is 34.1 Å². The smallest absolute Gasteiger partial charge is 0.263 e. The number of rotatable bonds is 7. The van der Waals surface area contributed by atoms with Crippen LogP contribution in [0, 0.1) is 0 Å². The van der Waals surface area contributed by atoms with Crippen molar-refractivity contribution < 1.29 is 9.32 Å². The highest BCUT2D eigenvalue weighted by Gasteiger charge is 2.25. The molecule has 180 valence electrons. The van der Waals surface area contributed by atoms with Crippen molar-refractivity contribution in [2.24, 2.45) is 0 Å². The molecule has 0 aliphatic carbocycles. The molecule has 0 unspecified atom stereocenters. The Hall–Kier alpha value is -3.74. The molecule has 1 fully saturated rings. The van der Waals surface area contributed by atoms with Crippen LogP contribution < -0.4 is 4.90 Å². The van der Waals surface area contributed by atoms with E-state index < -0.39 is 0 Å². The summed E-state index contributed by atoms with van der Waals surface area (Å²) in [6, 6.07) is 20.2. The Bertz CT molecular complexity index is 1270. The van der Waals surface area contributed by atoms with Crippen LogP contribution in [0.4, 0.5) is 5.82 Å². The van der Waals surface area contributed by atoms with Crippen molar-refractivity contribution in [1.29, 1.82) is 0 Å². The minimum absolute atomic E-state index is 0.213. The van der Waals surface area contributed by atoms with Gasteiger partial charge in [0.1, 0.15) is 22.7 Å². The minimum atomic E-state index is 0.213. The quantitative estimate of drug-likeness (QED) is 0.383. The third kappa shape index (κ3) is 5.19. The van der Waals surface area contributed by atoms with E-state index in [9.17, 15) is 4.79 Å². The molecular weight excluding hydrogens is 438 g/mol. The molecule has 3 heterocycles. The Balaban J connectivity index is 1.38. The minimum Gasteiger partial charge on any atom is -0.354 e. The number of carbonyl (C=O) groups is 1. The summed E-state index contributed by atoms with van der Waals surface area (Å²) in [5.74, 6) is 1.84. The predicted octanol–water partition coefficient (Wildman–Crippen LogP) is 4.91. The highest BCUT2D eigenvalue weighted by molar-refractivity contribution is 5.98. The molecule has 1 aliphatic heterocycles. The van der Waals surface area contributed by atoms with Crippen molar-refractivity contribution in [1.82, 2.24) is 20.0 Å². The number of anilines is 1. The van der Waals surface area contributed by atoms with E-state index in [1.807, 2.05) is 53.4 Å². The second-order valence-electron chi connectivity index (χ2n) is 9.00. The number of nitrogens with zero attached hydrogens (tertiary/aromatic N) is 5. The molecule has 1 saturated heterocycles. The molecule has 1 amide bonds. The summed E-state index contributed by atoms with van der Waals surface area (Å²) in [5.41, 5.74) is 3.47. The first kappa shape index (κ1) is 23.0. The van der Waals surface area contributed by atoms with Gasteiger partial charge in [-0.2, -0.15) is 4.98 Å². The Morgan fingerprint density at radius 3 is 2.46 bits per heavy atom. The lowest BCUT2D eigenvalue weighted by atomic mass is 10.1. The summed E-state index contributed by atoms with van der Waals surface area (Å²) in [7, 11) is 0. The van der Waals surface area contributed by atoms with E-state index in [-0.39, 0.29) is 5.91 Å². The first-order chi connectivity index (χ1) is 17.2. The van der Waals surface area contributed by atoms with Gasteiger partial charge < -0.3 is 14.3 Å². The third-order valence-corrected chi connectivity index (χ3v) is 6.50. The van der Waals surface area contributed by atoms with Gasteiger partial charge >= 0.3 is 0 Å². The Morgan fingerprint density at radius 1 is 0.914 bits per heavy atom. The molecule has 7 nitrogen and oxygen atoms in total. The number of benzene rings is 2. The summed E-state index contributed by atoms with van der Waals surface area (Å²) >= 11 is 0. The Kier molecular flexibility index (Phi) is 7.02. The highest BCUT2D eigenvalue weighted by Crippen LogP contribution is 2.34. The second-order valence-corrected chi connectivity index (χ2v) is 9.00. The van der Waals surface area contributed by atoms with Gasteiger partial charge in [0, 0.05) is 44.6 Å². The maximum atomic E-state index is 13.0. The maximum Gasteiger partial charge on any atom is 0.263 e. The molecule has 4 aromatic rings. The van der Waals surface area contributed by atoms with Crippen molar-refractivity contribution in [2.45, 2.75) is 39.0 Å². The largest absolute Gasteiger partial charge is 0.354 e. The molecular formula is C28H31N5O2. The molecule has 0 atom stereocenters. The average molecular weight is 470 g/mol. The molecule has 7 heteroatoms. The van der Waals surface area contributed by atoms with E-state index in [1.165, 1.54) is 5.56 Å². The lowest BCUT2D eigenvalue weighted by Gasteiger charge is -2.24. The maximum absolute atomic E-state index is 13.0. The number of fused-ring (bicyclic) bond motifs is 1. The van der Waals surface area contributed by atoms with Gasteiger partial charge in [-0.1, -0.05) is 72.7 Å². The zero-order valence-corrected chi connectivity index (χ0v) is 20.2. The second kappa shape index (κ2) is 10.7. The van der Waals surface area contributed by atoms with Gasteiger partial charge in [0.2, 0.25) is 5.91 Å². The van der Waals surface area contributed by atoms with Crippen LogP contribution in [0.25, 0.3) is 22.4 Å². The molecule has 0 saturated carbocycles. The number of aryl methyl sites for hydroxylation is 2. The molecule has 5 rings (SSSR count). The highest BCUT2D eigenvalue weighted by atomic mass is 16.5. The number of hydrogen-bond acceptors (Lipinski definition) is 6. The van der Waals surface area contributed by atoms with E-state index in [4.69, 9.17) is 9.51 Å². The summed E-state index contributed by atoms with van der Waals surface area (Å²) in [6.07, 6.45) is 3.92. The van der Waals surface area contributed by atoms with E-state index in [0.29, 0.717) is 25.2 Å². The van der Waals surface area contributed by atoms with Crippen LogP contribution in [0.2, 0.25) is 0 Å². The van der Waals surface area contributed by atoms with Crippen LogP contribution in [0.15, 0.2) is 65.2 Å². The van der Waals surface area contributed by atoms with Crippen LogP contribution >= 0.6 is 0 Å². The van der Waals surface area contributed by atoms with Crippen molar-refractivity contribution in [3.05, 3.63) is 72.1 Å². The van der Waals surface area contributed by atoms with E-state index in [0.717, 1.165) is 67.1 Å². The van der Waals surface area contributed by atoms with E-state index in [1.54, 1.807) is 0 Å². The van der Waals surface area contributed by atoms with Crippen LogP contribution in [0.5, 0.6) is 0 Å². The van der Waals surface area contributed by atoms with Crippen molar-refractivity contribution >= 4 is 22.8 Å². The summed E-state index contributed by atoms with van der Waals surface area (Å²) in [6.45, 7) is 5.09. The fourth-order valence-corrected chi connectivity index (χ4v) is 4.67. The lowest BCUT2D eigenvalue weighted by Crippen LogP contribution is -2.35. The Morgan fingerprint density at radius 2 is 1.69 bits per heavy atom. The number of hydrogen-bond donors (Lipinski definition) is 0. The molecule has 0 N–H and O–H groups in total. The van der Waals surface area contributed by atoms with Crippen molar-refractivity contribution in [2.75, 3.05) is 31.1 Å². The van der Waals surface area contributed by atoms with Crippen molar-refractivity contribution in [3.8, 4) is 11.3 Å².